The highest BCUT2D eigenvalue weighted by Gasteiger charge is 2.27. The van der Waals surface area contributed by atoms with E-state index in [0.717, 1.165) is 5.56 Å². The van der Waals surface area contributed by atoms with Crippen molar-refractivity contribution in [2.75, 3.05) is 7.11 Å². The highest BCUT2D eigenvalue weighted by molar-refractivity contribution is 5.96. The van der Waals surface area contributed by atoms with Gasteiger partial charge in [0.2, 0.25) is 11.2 Å². The molecule has 1 unspecified atom stereocenters. The number of hydrogen-bond donors (Lipinski definition) is 1. The lowest BCUT2D eigenvalue weighted by Crippen LogP contribution is -2.45. The summed E-state index contributed by atoms with van der Waals surface area (Å²) < 4.78 is 5.47. The van der Waals surface area contributed by atoms with Crippen LogP contribution in [-0.4, -0.2) is 30.0 Å². The number of amides is 1. The van der Waals surface area contributed by atoms with Gasteiger partial charge in [0.15, 0.2) is 5.69 Å². The molecule has 0 fully saturated rings. The zero-order chi connectivity index (χ0) is 19.4. The van der Waals surface area contributed by atoms with Gasteiger partial charge in [-0.1, -0.05) is 42.5 Å². The van der Waals surface area contributed by atoms with E-state index in [1.165, 1.54) is 14.0 Å². The molecule has 1 N–H and O–H groups in total. The zero-order valence-corrected chi connectivity index (χ0v) is 15.0. The fourth-order valence-corrected chi connectivity index (χ4v) is 2.84. The summed E-state index contributed by atoms with van der Waals surface area (Å²) in [5.41, 5.74) is 1.79. The number of methoxy groups -OCH3 is 1. The standard InChI is InChI=1S/C20H19N3O4/c1-13-18(21-15-10-6-7-11-17(15)23(13)26)19(24)22-16(20(25)27-2)12-14-8-4-3-5-9-14/h3-11,16H,12H2,1-2H3,(H,22,24). The Balaban J connectivity index is 1.90. The van der Waals surface area contributed by atoms with Gasteiger partial charge in [0, 0.05) is 19.4 Å². The van der Waals surface area contributed by atoms with Gasteiger partial charge < -0.3 is 15.3 Å². The first-order chi connectivity index (χ1) is 13.0. The molecule has 7 heteroatoms. The van der Waals surface area contributed by atoms with Crippen molar-refractivity contribution in [3.63, 3.8) is 0 Å². The Kier molecular flexibility index (Phi) is 5.30. The van der Waals surface area contributed by atoms with Crippen LogP contribution in [0.5, 0.6) is 0 Å². The molecule has 27 heavy (non-hydrogen) atoms. The van der Waals surface area contributed by atoms with E-state index in [9.17, 15) is 14.8 Å². The van der Waals surface area contributed by atoms with E-state index in [0.29, 0.717) is 15.8 Å². The Labute approximate surface area is 156 Å². The normalized spacial score (nSPS) is 11.8. The largest absolute Gasteiger partial charge is 0.618 e. The van der Waals surface area contributed by atoms with Gasteiger partial charge in [-0.25, -0.2) is 9.78 Å². The second-order valence-electron chi connectivity index (χ2n) is 6.07. The summed E-state index contributed by atoms with van der Waals surface area (Å²) in [4.78, 5) is 29.2. The number of rotatable bonds is 5. The first-order valence-corrected chi connectivity index (χ1v) is 8.42. The molecule has 138 valence electrons. The molecule has 0 aliphatic rings. The molecule has 7 nitrogen and oxygen atoms in total. The van der Waals surface area contributed by atoms with Crippen LogP contribution in [0.15, 0.2) is 54.6 Å². The monoisotopic (exact) mass is 365 g/mol. The van der Waals surface area contributed by atoms with E-state index >= 15 is 0 Å². The lowest BCUT2D eigenvalue weighted by atomic mass is 10.1. The van der Waals surface area contributed by atoms with Crippen LogP contribution < -0.4 is 10.0 Å². The number of ether oxygens (including phenoxy) is 1. The van der Waals surface area contributed by atoms with Crippen LogP contribution in [0.2, 0.25) is 0 Å². The molecule has 0 saturated heterocycles. The minimum absolute atomic E-state index is 0.0225. The van der Waals surface area contributed by atoms with Crippen molar-refractivity contribution in [3.8, 4) is 0 Å². The van der Waals surface area contributed by atoms with Gasteiger partial charge in [0.1, 0.15) is 11.6 Å². The average Bonchev–Trinajstić information content (AvgIpc) is 2.70. The van der Waals surface area contributed by atoms with Crippen molar-refractivity contribution < 1.29 is 19.1 Å². The summed E-state index contributed by atoms with van der Waals surface area (Å²) in [6, 6.07) is 15.1. The predicted molar refractivity (Wildman–Crippen MR) is 98.9 cm³/mol. The molecular weight excluding hydrogens is 346 g/mol. The third-order valence-electron chi connectivity index (χ3n) is 4.27. The third kappa shape index (κ3) is 3.87. The molecule has 0 bridgehead atoms. The van der Waals surface area contributed by atoms with Crippen molar-refractivity contribution >= 4 is 22.9 Å². The number of hydrogen-bond acceptors (Lipinski definition) is 5. The van der Waals surface area contributed by atoms with E-state index in [4.69, 9.17) is 4.74 Å². The van der Waals surface area contributed by atoms with Crippen LogP contribution in [0, 0.1) is 12.1 Å². The minimum Gasteiger partial charge on any atom is -0.618 e. The van der Waals surface area contributed by atoms with Crippen molar-refractivity contribution in [1.82, 2.24) is 10.3 Å². The number of carbonyl (C=O) groups excluding carboxylic acids is 2. The number of benzene rings is 2. The van der Waals surface area contributed by atoms with Crippen molar-refractivity contribution in [2.24, 2.45) is 0 Å². The molecule has 0 spiro atoms. The highest BCUT2D eigenvalue weighted by atomic mass is 16.5. The van der Waals surface area contributed by atoms with E-state index in [1.54, 1.807) is 24.3 Å². The van der Waals surface area contributed by atoms with Gasteiger partial charge in [0.25, 0.3) is 5.91 Å². The molecule has 1 aromatic heterocycles. The van der Waals surface area contributed by atoms with Gasteiger partial charge in [-0.3, -0.25) is 4.79 Å². The summed E-state index contributed by atoms with van der Waals surface area (Å²) in [5, 5.41) is 15.1. The Morgan fingerprint density at radius 3 is 2.52 bits per heavy atom. The highest BCUT2D eigenvalue weighted by Crippen LogP contribution is 2.11. The molecule has 0 saturated carbocycles. The smallest absolute Gasteiger partial charge is 0.328 e. The fourth-order valence-electron chi connectivity index (χ4n) is 2.84. The fraction of sp³-hybridized carbons (Fsp3) is 0.200. The maximum atomic E-state index is 12.7. The van der Waals surface area contributed by atoms with Crippen LogP contribution in [0.25, 0.3) is 11.0 Å². The summed E-state index contributed by atoms with van der Waals surface area (Å²) in [6.45, 7) is 1.52. The number of carbonyl (C=O) groups is 2. The SMILES string of the molecule is COC(=O)C(Cc1ccccc1)NC(=O)c1nc2ccccc2[n+]([O-])c1C. The van der Waals surface area contributed by atoms with Crippen molar-refractivity contribution in [3.05, 3.63) is 76.8 Å². The van der Waals surface area contributed by atoms with Gasteiger partial charge >= 0.3 is 5.97 Å². The Morgan fingerprint density at radius 2 is 1.81 bits per heavy atom. The topological polar surface area (TPSA) is 95.2 Å². The number of esters is 1. The second kappa shape index (κ2) is 7.82. The van der Waals surface area contributed by atoms with E-state index in [1.807, 2.05) is 30.3 Å². The second-order valence-corrected chi connectivity index (χ2v) is 6.07. The molecule has 0 aliphatic heterocycles. The number of fused-ring (bicyclic) bond motifs is 1. The quantitative estimate of drug-likeness (QED) is 0.422. The molecule has 1 atom stereocenters. The molecule has 0 radical (unpaired) electrons. The van der Waals surface area contributed by atoms with Crippen molar-refractivity contribution in [2.45, 2.75) is 19.4 Å². The molecule has 1 heterocycles. The number of nitrogens with one attached hydrogen (secondary N) is 1. The number of aromatic nitrogens is 2. The minimum atomic E-state index is -0.891. The summed E-state index contributed by atoms with van der Waals surface area (Å²) >= 11 is 0. The number of nitrogens with zero attached hydrogens (tertiary/aromatic N) is 2. The molecule has 1 amide bonds. The Hall–Kier alpha value is -3.48. The summed E-state index contributed by atoms with van der Waals surface area (Å²) in [6.07, 6.45) is 0.267. The predicted octanol–water partition coefficient (Wildman–Crippen LogP) is 1.69. The van der Waals surface area contributed by atoms with Gasteiger partial charge in [-0.05, 0) is 11.6 Å². The van der Waals surface area contributed by atoms with E-state index in [2.05, 4.69) is 10.3 Å². The molecule has 2 aromatic carbocycles. The maximum Gasteiger partial charge on any atom is 0.328 e. The lowest BCUT2D eigenvalue weighted by Gasteiger charge is -2.17. The van der Waals surface area contributed by atoms with Crippen LogP contribution in [-0.2, 0) is 16.0 Å². The van der Waals surface area contributed by atoms with E-state index in [-0.39, 0.29) is 17.8 Å². The average molecular weight is 365 g/mol. The zero-order valence-electron chi connectivity index (χ0n) is 15.0. The molecule has 3 rings (SSSR count). The first kappa shape index (κ1) is 18.3. The summed E-state index contributed by atoms with van der Waals surface area (Å²) in [7, 11) is 1.26. The lowest BCUT2D eigenvalue weighted by molar-refractivity contribution is -0.584. The van der Waals surface area contributed by atoms with Crippen LogP contribution >= 0.6 is 0 Å². The van der Waals surface area contributed by atoms with Crippen LogP contribution in [0.4, 0.5) is 0 Å². The van der Waals surface area contributed by atoms with Gasteiger partial charge in [-0.15, -0.1) is 0 Å². The molecular formula is C20H19N3O4. The van der Waals surface area contributed by atoms with Crippen LogP contribution in [0.3, 0.4) is 0 Å². The first-order valence-electron chi connectivity index (χ1n) is 8.42. The van der Waals surface area contributed by atoms with Gasteiger partial charge in [-0.2, -0.15) is 4.73 Å². The molecule has 0 aliphatic carbocycles. The Bertz CT molecular complexity index is 989. The van der Waals surface area contributed by atoms with E-state index < -0.39 is 17.9 Å². The molecule has 3 aromatic rings. The van der Waals surface area contributed by atoms with Gasteiger partial charge in [0.05, 0.1) is 7.11 Å². The van der Waals surface area contributed by atoms with Crippen molar-refractivity contribution in [1.29, 1.82) is 0 Å². The third-order valence-corrected chi connectivity index (χ3v) is 4.27. The Morgan fingerprint density at radius 1 is 1.15 bits per heavy atom. The number of para-hydroxylation sites is 2. The maximum absolute atomic E-state index is 12.7. The summed E-state index contributed by atoms with van der Waals surface area (Å²) in [5.74, 6) is -1.17. The van der Waals surface area contributed by atoms with Crippen LogP contribution in [0.1, 0.15) is 21.7 Å².